The van der Waals surface area contributed by atoms with E-state index in [1.807, 2.05) is 32.9 Å². The van der Waals surface area contributed by atoms with Gasteiger partial charge in [0.05, 0.1) is 5.92 Å². The number of carbonyl (C=O) groups is 3. The minimum atomic E-state index is -0.702. The smallest absolute Gasteiger partial charge is 0.226 e. The Kier molecular flexibility index (Phi) is 4.50. The first-order valence-electron chi connectivity index (χ1n) is 7.56. The summed E-state index contributed by atoms with van der Waals surface area (Å²) in [6.07, 6.45) is 0.306. The Bertz CT molecular complexity index is 605. The number of Topliss-reactive ketones (excluding diaryl/α,β-unsaturated/α-hetero) is 2. The van der Waals surface area contributed by atoms with Gasteiger partial charge in [0.25, 0.3) is 0 Å². The van der Waals surface area contributed by atoms with Crippen LogP contribution in [0.5, 0.6) is 0 Å². The molecule has 1 saturated carbocycles. The average Bonchev–Trinajstić information content (AvgIpc) is 2.39. The van der Waals surface area contributed by atoms with E-state index in [4.69, 9.17) is 0 Å². The van der Waals surface area contributed by atoms with Gasteiger partial charge in [-0.3, -0.25) is 14.4 Å². The molecule has 0 heterocycles. The van der Waals surface area contributed by atoms with Gasteiger partial charge in [0.1, 0.15) is 17.5 Å². The normalized spacial score (nSPS) is 21.9. The quantitative estimate of drug-likeness (QED) is 0.788. The predicted molar refractivity (Wildman–Crippen MR) is 84.8 cm³/mol. The van der Waals surface area contributed by atoms with E-state index in [-0.39, 0.29) is 30.3 Å². The molecule has 4 heteroatoms. The van der Waals surface area contributed by atoms with Gasteiger partial charge < -0.3 is 4.90 Å². The second-order valence-electron chi connectivity index (χ2n) is 6.52. The SMILES string of the molecule is Cc1cc(C)c(C2C(=O)CC(C(=O)N(C)C)CC2=O)c(C)c1. The van der Waals surface area contributed by atoms with Crippen molar-refractivity contribution in [1.82, 2.24) is 4.90 Å². The van der Waals surface area contributed by atoms with Crippen LogP contribution in [0.15, 0.2) is 12.1 Å². The van der Waals surface area contributed by atoms with E-state index in [1.54, 1.807) is 14.1 Å². The minimum absolute atomic E-state index is 0.133. The summed E-state index contributed by atoms with van der Waals surface area (Å²) in [5, 5.41) is 0. The fraction of sp³-hybridized carbons (Fsp3) is 0.500. The van der Waals surface area contributed by atoms with Gasteiger partial charge in [-0.25, -0.2) is 0 Å². The minimum Gasteiger partial charge on any atom is -0.349 e. The standard InChI is InChI=1S/C18H23NO3/c1-10-6-11(2)16(12(3)7-10)17-14(20)8-13(9-15(17)21)18(22)19(4)5/h6-7,13,17H,8-9H2,1-5H3. The van der Waals surface area contributed by atoms with E-state index in [0.29, 0.717) is 0 Å². The van der Waals surface area contributed by atoms with Gasteiger partial charge in [-0.05, 0) is 37.5 Å². The maximum Gasteiger partial charge on any atom is 0.226 e. The van der Waals surface area contributed by atoms with Crippen molar-refractivity contribution in [3.05, 3.63) is 34.4 Å². The lowest BCUT2D eigenvalue weighted by atomic mass is 9.74. The number of nitrogens with zero attached hydrogens (tertiary/aromatic N) is 1. The van der Waals surface area contributed by atoms with Gasteiger partial charge in [0, 0.05) is 26.9 Å². The maximum absolute atomic E-state index is 12.5. The molecule has 0 atom stereocenters. The molecule has 0 radical (unpaired) electrons. The summed E-state index contributed by atoms with van der Waals surface area (Å²) >= 11 is 0. The van der Waals surface area contributed by atoms with Gasteiger partial charge in [-0.15, -0.1) is 0 Å². The summed E-state index contributed by atoms with van der Waals surface area (Å²) in [7, 11) is 3.30. The molecule has 0 N–H and O–H groups in total. The fourth-order valence-electron chi connectivity index (χ4n) is 3.48. The van der Waals surface area contributed by atoms with E-state index in [0.717, 1.165) is 22.3 Å². The zero-order valence-electron chi connectivity index (χ0n) is 13.9. The molecule has 0 saturated heterocycles. The van der Waals surface area contributed by atoms with Gasteiger partial charge >= 0.3 is 0 Å². The highest BCUT2D eigenvalue weighted by atomic mass is 16.2. The van der Waals surface area contributed by atoms with Crippen molar-refractivity contribution in [3.63, 3.8) is 0 Å². The van der Waals surface area contributed by atoms with Crippen LogP contribution < -0.4 is 0 Å². The first-order chi connectivity index (χ1) is 10.2. The molecule has 0 aliphatic heterocycles. The molecule has 118 valence electrons. The van der Waals surface area contributed by atoms with Gasteiger partial charge in [0.15, 0.2) is 0 Å². The number of ketones is 2. The van der Waals surface area contributed by atoms with E-state index < -0.39 is 11.8 Å². The Morgan fingerprint density at radius 1 is 1.00 bits per heavy atom. The molecule has 1 amide bonds. The summed E-state index contributed by atoms with van der Waals surface area (Å²) in [5.41, 5.74) is 3.90. The Labute approximate surface area is 131 Å². The van der Waals surface area contributed by atoms with Crippen molar-refractivity contribution in [3.8, 4) is 0 Å². The average molecular weight is 301 g/mol. The molecule has 1 aliphatic carbocycles. The number of hydrogen-bond donors (Lipinski definition) is 0. The van der Waals surface area contributed by atoms with Crippen molar-refractivity contribution in [2.45, 2.75) is 39.5 Å². The summed E-state index contributed by atoms with van der Waals surface area (Å²) in [6, 6.07) is 4.00. The zero-order valence-corrected chi connectivity index (χ0v) is 13.9. The summed E-state index contributed by atoms with van der Waals surface area (Å²) < 4.78 is 0. The molecule has 0 spiro atoms. The lowest BCUT2D eigenvalue weighted by Gasteiger charge is -2.29. The topological polar surface area (TPSA) is 54.5 Å². The van der Waals surface area contributed by atoms with Crippen LogP contribution in [0.1, 0.15) is 41.0 Å². The van der Waals surface area contributed by atoms with Crippen molar-refractivity contribution in [1.29, 1.82) is 0 Å². The van der Waals surface area contributed by atoms with E-state index in [9.17, 15) is 14.4 Å². The molecule has 0 bridgehead atoms. The van der Waals surface area contributed by atoms with Crippen LogP contribution in [0.4, 0.5) is 0 Å². The van der Waals surface area contributed by atoms with Crippen LogP contribution in [0.2, 0.25) is 0 Å². The second-order valence-corrected chi connectivity index (χ2v) is 6.52. The number of amides is 1. The first kappa shape index (κ1) is 16.4. The third-order valence-corrected chi connectivity index (χ3v) is 4.36. The molecule has 22 heavy (non-hydrogen) atoms. The fourth-order valence-corrected chi connectivity index (χ4v) is 3.48. The van der Waals surface area contributed by atoms with Gasteiger partial charge in [-0.1, -0.05) is 17.7 Å². The van der Waals surface area contributed by atoms with Crippen LogP contribution in [0.3, 0.4) is 0 Å². The van der Waals surface area contributed by atoms with Crippen LogP contribution >= 0.6 is 0 Å². The highest BCUT2D eigenvalue weighted by molar-refractivity contribution is 6.12. The van der Waals surface area contributed by atoms with Gasteiger partial charge in [0.2, 0.25) is 5.91 Å². The molecule has 0 unspecified atom stereocenters. The molecule has 1 aromatic carbocycles. The van der Waals surface area contributed by atoms with E-state index in [1.165, 1.54) is 4.90 Å². The Morgan fingerprint density at radius 2 is 1.45 bits per heavy atom. The zero-order chi connectivity index (χ0) is 16.6. The second kappa shape index (κ2) is 6.03. The van der Waals surface area contributed by atoms with E-state index >= 15 is 0 Å². The Balaban J connectivity index is 2.34. The Hall–Kier alpha value is -1.97. The number of aryl methyl sites for hydroxylation is 3. The van der Waals surface area contributed by atoms with Gasteiger partial charge in [-0.2, -0.15) is 0 Å². The molecule has 0 aromatic heterocycles. The summed E-state index contributed by atoms with van der Waals surface area (Å²) in [6.45, 7) is 5.87. The molecule has 1 aliphatic rings. The van der Waals surface area contributed by atoms with Crippen molar-refractivity contribution in [2.75, 3.05) is 14.1 Å². The number of benzene rings is 1. The molecular formula is C18H23NO3. The molecule has 1 fully saturated rings. The summed E-state index contributed by atoms with van der Waals surface area (Å²) in [5.74, 6) is -1.61. The van der Waals surface area contributed by atoms with Crippen LogP contribution in [-0.2, 0) is 14.4 Å². The largest absolute Gasteiger partial charge is 0.349 e. The third kappa shape index (κ3) is 2.96. The van der Waals surface area contributed by atoms with Crippen molar-refractivity contribution >= 4 is 17.5 Å². The number of rotatable bonds is 2. The number of hydrogen-bond acceptors (Lipinski definition) is 3. The maximum atomic E-state index is 12.5. The van der Waals surface area contributed by atoms with Crippen molar-refractivity contribution < 1.29 is 14.4 Å². The van der Waals surface area contributed by atoms with Crippen LogP contribution in [-0.4, -0.2) is 36.5 Å². The first-order valence-corrected chi connectivity index (χ1v) is 7.56. The molecule has 2 rings (SSSR count). The lowest BCUT2D eigenvalue weighted by molar-refractivity contribution is -0.143. The predicted octanol–water partition coefficient (Wildman–Crippen LogP) is 2.33. The van der Waals surface area contributed by atoms with E-state index in [2.05, 4.69) is 0 Å². The molecular weight excluding hydrogens is 278 g/mol. The monoisotopic (exact) mass is 301 g/mol. The Morgan fingerprint density at radius 3 is 1.86 bits per heavy atom. The lowest BCUT2D eigenvalue weighted by Crippen LogP contribution is -2.40. The summed E-state index contributed by atoms with van der Waals surface area (Å²) in [4.78, 5) is 38.6. The molecule has 4 nitrogen and oxygen atoms in total. The van der Waals surface area contributed by atoms with Crippen LogP contribution in [0, 0.1) is 26.7 Å². The third-order valence-electron chi connectivity index (χ3n) is 4.36. The number of carbonyl (C=O) groups excluding carboxylic acids is 3. The van der Waals surface area contributed by atoms with Crippen LogP contribution in [0.25, 0.3) is 0 Å². The highest BCUT2D eigenvalue weighted by Gasteiger charge is 2.40. The van der Waals surface area contributed by atoms with Crippen molar-refractivity contribution in [2.24, 2.45) is 5.92 Å². The molecule has 1 aromatic rings. The highest BCUT2D eigenvalue weighted by Crippen LogP contribution is 2.35.